The van der Waals surface area contributed by atoms with Gasteiger partial charge in [0.2, 0.25) is 0 Å². The van der Waals surface area contributed by atoms with Crippen LogP contribution in [0.15, 0.2) is 24.3 Å². The van der Waals surface area contributed by atoms with Gasteiger partial charge in [0, 0.05) is 25.1 Å². The first kappa shape index (κ1) is 11.8. The number of rotatable bonds is 5. The van der Waals surface area contributed by atoms with E-state index in [1.54, 1.807) is 6.92 Å². The molecule has 90 valence electrons. The fourth-order valence-electron chi connectivity index (χ4n) is 2.17. The number of carbonyl (C=O) groups is 2. The van der Waals surface area contributed by atoms with Crippen LogP contribution in [-0.4, -0.2) is 23.1 Å². The summed E-state index contributed by atoms with van der Waals surface area (Å²) in [6.45, 7) is 3.08. The van der Waals surface area contributed by atoms with Crippen molar-refractivity contribution in [2.24, 2.45) is 0 Å². The van der Waals surface area contributed by atoms with Crippen molar-refractivity contribution in [1.82, 2.24) is 4.90 Å². The Morgan fingerprint density at radius 3 is 2.76 bits per heavy atom. The van der Waals surface area contributed by atoms with Crippen LogP contribution in [0.1, 0.15) is 42.1 Å². The number of Topliss-reactive ketones (excluding diaryl/α,β-unsaturated/α-hetero) is 1. The molecule has 2 rings (SSSR count). The molecule has 0 saturated heterocycles. The van der Waals surface area contributed by atoms with Crippen LogP contribution in [-0.2, 0) is 11.3 Å². The molecule has 0 aliphatic carbocycles. The second-order valence-electron chi connectivity index (χ2n) is 4.54. The summed E-state index contributed by atoms with van der Waals surface area (Å²) < 4.78 is 0. The number of unbranched alkanes of at least 4 members (excludes halogenated alkanes) is 1. The van der Waals surface area contributed by atoms with Gasteiger partial charge in [0.15, 0.2) is 0 Å². The highest BCUT2D eigenvalue weighted by Gasteiger charge is 2.25. The van der Waals surface area contributed by atoms with E-state index in [-0.39, 0.29) is 11.7 Å². The smallest absolute Gasteiger partial charge is 0.254 e. The number of nitrogens with zero attached hydrogens (tertiary/aromatic N) is 1. The maximum absolute atomic E-state index is 12.0. The zero-order valence-electron chi connectivity index (χ0n) is 10.1. The maximum Gasteiger partial charge on any atom is 0.254 e. The Morgan fingerprint density at radius 2 is 2.06 bits per heavy atom. The lowest BCUT2D eigenvalue weighted by Gasteiger charge is -2.14. The highest BCUT2D eigenvalue weighted by atomic mass is 16.2. The van der Waals surface area contributed by atoms with Crippen molar-refractivity contribution in [3.8, 4) is 0 Å². The average molecular weight is 231 g/mol. The molecule has 1 aliphatic heterocycles. The van der Waals surface area contributed by atoms with E-state index in [1.807, 2.05) is 29.2 Å². The lowest BCUT2D eigenvalue weighted by Crippen LogP contribution is -2.25. The van der Waals surface area contributed by atoms with Gasteiger partial charge in [0.1, 0.15) is 5.78 Å². The molecule has 0 aromatic heterocycles. The van der Waals surface area contributed by atoms with E-state index in [4.69, 9.17) is 0 Å². The molecule has 0 N–H and O–H groups in total. The van der Waals surface area contributed by atoms with Crippen LogP contribution in [0.5, 0.6) is 0 Å². The first-order valence-corrected chi connectivity index (χ1v) is 6.05. The van der Waals surface area contributed by atoms with E-state index < -0.39 is 0 Å². The average Bonchev–Trinajstić information content (AvgIpc) is 2.63. The maximum atomic E-state index is 12.0. The Balaban J connectivity index is 1.86. The third kappa shape index (κ3) is 2.73. The Hall–Kier alpha value is -1.64. The summed E-state index contributed by atoms with van der Waals surface area (Å²) in [6.07, 6.45) is 2.39. The fourth-order valence-corrected chi connectivity index (χ4v) is 2.17. The summed E-state index contributed by atoms with van der Waals surface area (Å²) in [5.41, 5.74) is 1.95. The van der Waals surface area contributed by atoms with Gasteiger partial charge in [-0.05, 0) is 31.4 Å². The molecule has 1 heterocycles. The van der Waals surface area contributed by atoms with Crippen molar-refractivity contribution >= 4 is 11.7 Å². The molecule has 1 amide bonds. The van der Waals surface area contributed by atoms with Crippen LogP contribution >= 0.6 is 0 Å². The summed E-state index contributed by atoms with van der Waals surface area (Å²) in [5, 5.41) is 0. The fraction of sp³-hybridized carbons (Fsp3) is 0.429. The van der Waals surface area contributed by atoms with E-state index in [2.05, 4.69) is 0 Å². The highest BCUT2D eigenvalue weighted by Crippen LogP contribution is 2.22. The molecule has 1 aromatic rings. The van der Waals surface area contributed by atoms with Crippen LogP contribution in [0.3, 0.4) is 0 Å². The summed E-state index contributed by atoms with van der Waals surface area (Å²) in [4.78, 5) is 24.7. The Labute approximate surface area is 101 Å². The Morgan fingerprint density at radius 1 is 1.29 bits per heavy atom. The van der Waals surface area contributed by atoms with Gasteiger partial charge in [0.25, 0.3) is 5.91 Å². The number of fused-ring (bicyclic) bond motifs is 1. The van der Waals surface area contributed by atoms with Gasteiger partial charge >= 0.3 is 0 Å². The predicted molar refractivity (Wildman–Crippen MR) is 65.7 cm³/mol. The Bertz CT molecular complexity index is 440. The number of hydrogen-bond acceptors (Lipinski definition) is 2. The van der Waals surface area contributed by atoms with Crippen molar-refractivity contribution < 1.29 is 9.59 Å². The molecule has 0 fully saturated rings. The number of hydrogen-bond donors (Lipinski definition) is 0. The molecule has 0 bridgehead atoms. The molecule has 0 unspecified atom stereocenters. The summed E-state index contributed by atoms with van der Waals surface area (Å²) in [6, 6.07) is 7.75. The molecule has 17 heavy (non-hydrogen) atoms. The van der Waals surface area contributed by atoms with Gasteiger partial charge < -0.3 is 9.69 Å². The minimum atomic E-state index is 0.128. The number of benzene rings is 1. The van der Waals surface area contributed by atoms with Crippen molar-refractivity contribution in [3.63, 3.8) is 0 Å². The zero-order valence-corrected chi connectivity index (χ0v) is 10.1. The molecule has 1 aliphatic rings. The Kier molecular flexibility index (Phi) is 3.57. The van der Waals surface area contributed by atoms with Crippen molar-refractivity contribution in [2.75, 3.05) is 6.54 Å². The van der Waals surface area contributed by atoms with E-state index >= 15 is 0 Å². The standard InChI is InChI=1S/C14H17NO2/c1-11(16)6-4-5-9-15-10-12-7-2-3-8-13(12)14(15)17/h2-3,7-8H,4-6,9-10H2,1H3. The van der Waals surface area contributed by atoms with Crippen LogP contribution in [0, 0.1) is 0 Å². The second-order valence-corrected chi connectivity index (χ2v) is 4.54. The lowest BCUT2D eigenvalue weighted by atomic mass is 10.1. The third-order valence-corrected chi connectivity index (χ3v) is 3.10. The first-order valence-electron chi connectivity index (χ1n) is 6.05. The number of carbonyl (C=O) groups excluding carboxylic acids is 2. The summed E-state index contributed by atoms with van der Waals surface area (Å²) in [5.74, 6) is 0.351. The SMILES string of the molecule is CC(=O)CCCCN1Cc2ccccc2C1=O. The van der Waals surface area contributed by atoms with Crippen molar-refractivity contribution in [3.05, 3.63) is 35.4 Å². The molecule has 3 nitrogen and oxygen atoms in total. The largest absolute Gasteiger partial charge is 0.334 e. The van der Waals surface area contributed by atoms with E-state index in [9.17, 15) is 9.59 Å². The molecule has 0 atom stereocenters. The van der Waals surface area contributed by atoms with Gasteiger partial charge in [-0.1, -0.05) is 18.2 Å². The first-order chi connectivity index (χ1) is 8.18. The van der Waals surface area contributed by atoms with Crippen LogP contribution in [0.2, 0.25) is 0 Å². The molecule has 0 saturated carbocycles. The summed E-state index contributed by atoms with van der Waals surface area (Å²) in [7, 11) is 0. The summed E-state index contributed by atoms with van der Waals surface area (Å²) >= 11 is 0. The van der Waals surface area contributed by atoms with Gasteiger partial charge in [-0.3, -0.25) is 4.79 Å². The molecule has 0 spiro atoms. The second kappa shape index (κ2) is 5.13. The molecule has 0 radical (unpaired) electrons. The monoisotopic (exact) mass is 231 g/mol. The van der Waals surface area contributed by atoms with Crippen molar-refractivity contribution in [1.29, 1.82) is 0 Å². The topological polar surface area (TPSA) is 37.4 Å². The normalized spacial score (nSPS) is 13.9. The molecular formula is C14H17NO2. The quantitative estimate of drug-likeness (QED) is 0.730. The van der Waals surface area contributed by atoms with E-state index in [0.717, 1.165) is 37.1 Å². The zero-order chi connectivity index (χ0) is 12.3. The third-order valence-electron chi connectivity index (χ3n) is 3.10. The minimum Gasteiger partial charge on any atom is -0.334 e. The van der Waals surface area contributed by atoms with Gasteiger partial charge in [0.05, 0.1) is 0 Å². The molecular weight excluding hydrogens is 214 g/mol. The van der Waals surface area contributed by atoms with E-state index in [1.165, 1.54) is 0 Å². The van der Waals surface area contributed by atoms with Crippen LogP contribution in [0.25, 0.3) is 0 Å². The minimum absolute atomic E-state index is 0.128. The van der Waals surface area contributed by atoms with Crippen molar-refractivity contribution in [2.45, 2.75) is 32.7 Å². The highest BCUT2D eigenvalue weighted by molar-refractivity contribution is 5.98. The number of amides is 1. The van der Waals surface area contributed by atoms with Crippen LogP contribution < -0.4 is 0 Å². The molecule has 1 aromatic carbocycles. The van der Waals surface area contributed by atoms with Crippen LogP contribution in [0.4, 0.5) is 0 Å². The van der Waals surface area contributed by atoms with Gasteiger partial charge in [-0.15, -0.1) is 0 Å². The van der Waals surface area contributed by atoms with E-state index in [0.29, 0.717) is 6.42 Å². The predicted octanol–water partition coefficient (Wildman–Crippen LogP) is 2.40. The lowest BCUT2D eigenvalue weighted by molar-refractivity contribution is -0.117. The van der Waals surface area contributed by atoms with Gasteiger partial charge in [-0.25, -0.2) is 0 Å². The molecule has 3 heteroatoms. The van der Waals surface area contributed by atoms with Gasteiger partial charge in [-0.2, -0.15) is 0 Å². The number of ketones is 1.